The minimum Gasteiger partial charge on any atom is -0.327 e. The maximum Gasteiger partial charge on any atom is 0.294 e. The molecular weight excluding hydrogens is 635 g/mol. The van der Waals surface area contributed by atoms with Crippen molar-refractivity contribution in [3.8, 4) is 11.8 Å². The smallest absolute Gasteiger partial charge is 0.294 e. The zero-order valence-corrected chi connectivity index (χ0v) is 27.2. The van der Waals surface area contributed by atoms with Crippen LogP contribution in [-0.4, -0.2) is 55.8 Å². The molecule has 1 amide bonds. The highest BCUT2D eigenvalue weighted by Gasteiger charge is 2.38. The lowest BCUT2D eigenvalue weighted by molar-refractivity contribution is 0.0670. The number of nitrogens with zero attached hydrogens (tertiary/aromatic N) is 7. The van der Waals surface area contributed by atoms with Gasteiger partial charge in [-0.1, -0.05) is 42.2 Å². The molecule has 14 heteroatoms. The van der Waals surface area contributed by atoms with Crippen molar-refractivity contribution in [3.63, 3.8) is 0 Å². The number of aromatic nitrogens is 5. The van der Waals surface area contributed by atoms with Crippen LogP contribution in [0.3, 0.4) is 0 Å². The average molecular weight is 666 g/mol. The molecular formula is C33H31N9O3S2. The molecule has 0 bridgehead atoms. The first-order chi connectivity index (χ1) is 22.7. The summed E-state index contributed by atoms with van der Waals surface area (Å²) in [6.07, 6.45) is 11.6. The number of hydrogen-bond donors (Lipinski definition) is 3. The maximum absolute atomic E-state index is 14.3. The van der Waals surface area contributed by atoms with Crippen LogP contribution in [0.5, 0.6) is 0 Å². The van der Waals surface area contributed by atoms with Crippen LogP contribution in [0.4, 0.5) is 5.69 Å². The van der Waals surface area contributed by atoms with E-state index in [-0.39, 0.29) is 11.6 Å². The molecule has 4 heterocycles. The Balaban J connectivity index is 1.35. The number of amides is 1. The van der Waals surface area contributed by atoms with E-state index in [1.165, 1.54) is 10.7 Å². The summed E-state index contributed by atoms with van der Waals surface area (Å²) in [5, 5.41) is 9.06. The number of thiol groups is 1. The molecule has 12 nitrogen and oxygen atoms in total. The number of anilines is 1. The molecule has 7 rings (SSSR count). The molecule has 47 heavy (non-hydrogen) atoms. The molecule has 0 unspecified atom stereocenters. The van der Waals surface area contributed by atoms with Crippen LogP contribution in [0.2, 0.25) is 0 Å². The van der Waals surface area contributed by atoms with Gasteiger partial charge in [-0.15, -0.1) is 17.5 Å². The second kappa shape index (κ2) is 12.3. The van der Waals surface area contributed by atoms with Gasteiger partial charge >= 0.3 is 0 Å². The van der Waals surface area contributed by atoms with Crippen LogP contribution < -0.4 is 14.5 Å². The van der Waals surface area contributed by atoms with E-state index >= 15 is 0 Å². The van der Waals surface area contributed by atoms with Crippen LogP contribution in [0.25, 0.3) is 11.7 Å². The monoisotopic (exact) mass is 665 g/mol. The lowest BCUT2D eigenvalue weighted by atomic mass is 9.93. The molecule has 1 saturated carbocycles. The minimum atomic E-state index is -4.12. The van der Waals surface area contributed by atoms with Gasteiger partial charge in [0.25, 0.3) is 16.1 Å². The van der Waals surface area contributed by atoms with Gasteiger partial charge < -0.3 is 4.90 Å². The van der Waals surface area contributed by atoms with Gasteiger partial charge in [0.2, 0.25) is 0 Å². The van der Waals surface area contributed by atoms with Crippen molar-refractivity contribution in [2.75, 3.05) is 4.90 Å². The van der Waals surface area contributed by atoms with E-state index in [1.807, 2.05) is 72.8 Å². The summed E-state index contributed by atoms with van der Waals surface area (Å²) in [6.45, 7) is 1.77. The molecule has 0 spiro atoms. The second-order valence-corrected chi connectivity index (χ2v) is 13.3. The highest BCUT2D eigenvalue weighted by Crippen LogP contribution is 2.43. The Bertz CT molecular complexity index is 2180. The molecule has 1 fully saturated rings. The van der Waals surface area contributed by atoms with Crippen molar-refractivity contribution in [2.24, 2.45) is 7.05 Å². The fourth-order valence-corrected chi connectivity index (χ4v) is 7.33. The van der Waals surface area contributed by atoms with Crippen molar-refractivity contribution in [1.29, 1.82) is 0 Å². The van der Waals surface area contributed by atoms with Crippen molar-refractivity contribution < 1.29 is 13.2 Å². The van der Waals surface area contributed by atoms with Crippen molar-refractivity contribution >= 4 is 46.2 Å². The third-order valence-corrected chi connectivity index (χ3v) is 9.54. The Morgan fingerprint density at radius 1 is 1.06 bits per heavy atom. The Labute approximate surface area is 277 Å². The van der Waals surface area contributed by atoms with Gasteiger partial charge in [-0.05, 0) is 55.7 Å². The number of carbonyl (C=O) groups excluding carboxylic acids is 1. The molecule has 3 aromatic heterocycles. The molecule has 1 aliphatic carbocycles. The minimum absolute atomic E-state index is 0.144. The molecule has 2 N–H and O–H groups in total. The third kappa shape index (κ3) is 6.26. The van der Waals surface area contributed by atoms with E-state index < -0.39 is 27.5 Å². The number of hydrazine groups is 1. The number of benzene rings is 2. The van der Waals surface area contributed by atoms with Gasteiger partial charge in [0.15, 0.2) is 5.65 Å². The van der Waals surface area contributed by atoms with Gasteiger partial charge in [0.05, 0.1) is 24.0 Å². The van der Waals surface area contributed by atoms with E-state index in [2.05, 4.69) is 36.6 Å². The summed E-state index contributed by atoms with van der Waals surface area (Å²) in [5.74, 6) is 5.87. The van der Waals surface area contributed by atoms with Crippen LogP contribution >= 0.6 is 12.6 Å². The van der Waals surface area contributed by atoms with Gasteiger partial charge in [-0.2, -0.15) is 23.3 Å². The Hall–Kier alpha value is -4.94. The first kappa shape index (κ1) is 30.7. The molecule has 2 aromatic carbocycles. The fraction of sp³-hybridized carbons (Fsp3) is 0.212. The zero-order chi connectivity index (χ0) is 32.7. The van der Waals surface area contributed by atoms with Crippen molar-refractivity contribution in [1.82, 2.24) is 38.9 Å². The fourth-order valence-electron chi connectivity index (χ4n) is 5.54. The number of aryl methyl sites for hydroxylation is 1. The Kier molecular flexibility index (Phi) is 8.06. The molecule has 238 valence electrons. The molecule has 5 aromatic rings. The highest BCUT2D eigenvalue weighted by atomic mass is 32.2. The molecule has 2 aliphatic rings. The largest absolute Gasteiger partial charge is 0.327 e. The summed E-state index contributed by atoms with van der Waals surface area (Å²) in [6, 6.07) is 16.1. The summed E-state index contributed by atoms with van der Waals surface area (Å²) in [5.41, 5.74) is 5.18. The van der Waals surface area contributed by atoms with Crippen molar-refractivity contribution in [3.05, 3.63) is 119 Å². The quantitative estimate of drug-likeness (QED) is 0.131. The van der Waals surface area contributed by atoms with Crippen LogP contribution in [0, 0.1) is 11.8 Å². The standard InChI is InChI=1S/C33H31N9O3S2/c1-22(42(38-47(44,45)37-26-14-15-26)32(43)28-20-36-40-17-7-16-34-31(28)40)29-18-25-9-6-8-24(13-12-23-19-35-39(2)21-23)30(25)33(46)41(29)27-10-4-3-5-11-27/h3-11,16-22,26,33,37-38,46H,14-15H2,1-2H3/t22-,33-/m0/s1. The highest BCUT2D eigenvalue weighted by molar-refractivity contribution is 7.87. The molecule has 0 saturated heterocycles. The van der Waals surface area contributed by atoms with Crippen molar-refractivity contribution in [2.45, 2.75) is 37.2 Å². The first-order valence-electron chi connectivity index (χ1n) is 15.0. The van der Waals surface area contributed by atoms with Crippen LogP contribution in [0.1, 0.15) is 57.8 Å². The number of carbonyl (C=O) groups is 1. The summed E-state index contributed by atoms with van der Waals surface area (Å²) in [7, 11) is -2.28. The number of fused-ring (bicyclic) bond motifs is 2. The predicted molar refractivity (Wildman–Crippen MR) is 181 cm³/mol. The Morgan fingerprint density at radius 2 is 1.87 bits per heavy atom. The van der Waals surface area contributed by atoms with E-state index in [0.29, 0.717) is 11.3 Å². The number of nitrogens with one attached hydrogen (secondary N) is 2. The number of rotatable bonds is 8. The Morgan fingerprint density at radius 3 is 2.62 bits per heavy atom. The molecule has 1 aliphatic heterocycles. The normalized spacial score (nSPS) is 16.6. The second-order valence-electron chi connectivity index (χ2n) is 11.4. The van der Waals surface area contributed by atoms with Gasteiger partial charge in [-0.25, -0.2) is 9.50 Å². The zero-order valence-electron chi connectivity index (χ0n) is 25.5. The van der Waals surface area contributed by atoms with Gasteiger partial charge in [-0.3, -0.25) is 14.5 Å². The molecule has 0 radical (unpaired) electrons. The SMILES string of the molecule is C[C@@H](C1=Cc2cccc(C#Cc3cnn(C)c3)c2[C@H](S)N1c1ccccc1)N(NS(=O)(=O)NC1CC1)C(=O)c1cnn2cccnc12. The van der Waals surface area contributed by atoms with E-state index in [0.717, 1.165) is 45.8 Å². The molecule has 2 atom stereocenters. The summed E-state index contributed by atoms with van der Waals surface area (Å²) >= 11 is 5.15. The van der Waals surface area contributed by atoms with E-state index in [9.17, 15) is 13.2 Å². The number of hydrogen-bond acceptors (Lipinski definition) is 8. The van der Waals surface area contributed by atoms with Crippen LogP contribution in [0.15, 0.2) is 91.3 Å². The summed E-state index contributed by atoms with van der Waals surface area (Å²) < 4.78 is 32.5. The van der Waals surface area contributed by atoms with E-state index in [4.69, 9.17) is 12.6 Å². The van der Waals surface area contributed by atoms with Crippen LogP contribution in [-0.2, 0) is 17.3 Å². The topological polar surface area (TPSA) is 130 Å². The lowest BCUT2D eigenvalue weighted by Gasteiger charge is -2.42. The lowest BCUT2D eigenvalue weighted by Crippen LogP contribution is -2.56. The predicted octanol–water partition coefficient (Wildman–Crippen LogP) is 3.68. The van der Waals surface area contributed by atoms with Gasteiger partial charge in [0.1, 0.15) is 10.9 Å². The maximum atomic E-state index is 14.3. The average Bonchev–Trinajstić information content (AvgIpc) is 3.60. The third-order valence-electron chi connectivity index (χ3n) is 7.97. The van der Waals surface area contributed by atoms with Gasteiger partial charge in [0, 0.05) is 54.2 Å². The number of para-hydroxylation sites is 1. The first-order valence-corrected chi connectivity index (χ1v) is 17.0. The summed E-state index contributed by atoms with van der Waals surface area (Å²) in [4.78, 5) is 23.2. The van der Waals surface area contributed by atoms with E-state index in [1.54, 1.807) is 36.3 Å².